The van der Waals surface area contributed by atoms with Gasteiger partial charge in [-0.25, -0.2) is 0 Å². The average molecular weight is 785 g/mol. The van der Waals surface area contributed by atoms with Crippen LogP contribution in [0.5, 0.6) is 17.2 Å². The molecule has 0 aliphatic carbocycles. The summed E-state index contributed by atoms with van der Waals surface area (Å²) in [6.07, 6.45) is 4.79. The van der Waals surface area contributed by atoms with E-state index in [0.29, 0.717) is 48.4 Å². The van der Waals surface area contributed by atoms with Gasteiger partial charge in [-0.3, -0.25) is 14.6 Å². The minimum Gasteiger partial charge on any atom is -0.493 e. The van der Waals surface area contributed by atoms with E-state index in [-0.39, 0.29) is 12.7 Å². The Kier molecular flexibility index (Phi) is 12.7. The number of halogens is 1. The minimum absolute atomic E-state index is 0.204. The summed E-state index contributed by atoms with van der Waals surface area (Å²) >= 11 is 6.96. The van der Waals surface area contributed by atoms with Crippen LogP contribution in [0.4, 0.5) is 0 Å². The maximum absolute atomic E-state index is 9.83. The predicted octanol–water partition coefficient (Wildman–Crippen LogP) is 8.40. The quantitative estimate of drug-likeness (QED) is 0.0969. The van der Waals surface area contributed by atoms with Crippen LogP contribution in [0, 0.1) is 25.2 Å². The molecule has 0 amide bonds. The van der Waals surface area contributed by atoms with E-state index < -0.39 is 0 Å². The fourth-order valence-electron chi connectivity index (χ4n) is 7.58. The number of hydrogen-bond donors (Lipinski definition) is 1. The second-order valence-electron chi connectivity index (χ2n) is 14.9. The molecule has 6 aromatic rings. The monoisotopic (exact) mass is 784 g/mol. The largest absolute Gasteiger partial charge is 0.493 e. The molecule has 4 aromatic carbocycles. The van der Waals surface area contributed by atoms with Crippen molar-refractivity contribution in [1.82, 2.24) is 24.6 Å². The van der Waals surface area contributed by atoms with Crippen molar-refractivity contribution in [1.29, 1.82) is 5.26 Å². The lowest BCUT2D eigenvalue weighted by Gasteiger charge is -2.21. The van der Waals surface area contributed by atoms with Gasteiger partial charge in [-0.2, -0.15) is 10.4 Å². The van der Waals surface area contributed by atoms with Crippen LogP contribution in [0.15, 0.2) is 91.3 Å². The average Bonchev–Trinajstić information content (AvgIpc) is 3.77. The number of para-hydroxylation sites is 1. The SMILES string of the molecule is Cc1c(COc2cc(OCc3cncc(C#N)c3)c(CN(C)Cc3nn(C)c4ccccc34)cc2Cl)cccc1-c1cccc(OCCCN2CC[C@@H](O)C2)c1C. The van der Waals surface area contributed by atoms with Gasteiger partial charge in [0.25, 0.3) is 0 Å². The molecule has 7 rings (SSSR count). The first-order valence-electron chi connectivity index (χ1n) is 19.4. The van der Waals surface area contributed by atoms with Gasteiger partial charge in [-0.15, -0.1) is 0 Å². The Balaban J connectivity index is 1.07. The molecule has 0 spiro atoms. The maximum atomic E-state index is 9.83. The standard InChI is InChI=1S/C46H49ClN6O4/c1-31-35(10-7-12-38(31)39-13-8-15-44(32(39)2)55-19-9-17-53-18-16-37(54)27-53)30-57-46-22-45(56-29-34-20-33(23-48)24-49-25-34)36(21-41(46)47)26-51(3)28-42-40-11-5-6-14-43(40)52(4)50-42/h5-8,10-15,20-22,24-25,37,54H,9,16-19,26-30H2,1-4H3/t37-/m1/s1. The van der Waals surface area contributed by atoms with Crippen molar-refractivity contribution in [2.24, 2.45) is 7.05 Å². The van der Waals surface area contributed by atoms with Crippen LogP contribution in [0.2, 0.25) is 5.02 Å². The van der Waals surface area contributed by atoms with E-state index in [9.17, 15) is 10.4 Å². The molecule has 57 heavy (non-hydrogen) atoms. The Labute approximate surface area is 339 Å². The van der Waals surface area contributed by atoms with Gasteiger partial charge in [0.2, 0.25) is 0 Å². The third-order valence-corrected chi connectivity index (χ3v) is 11.0. The Morgan fingerprint density at radius 1 is 0.877 bits per heavy atom. The zero-order valence-corrected chi connectivity index (χ0v) is 33.8. The van der Waals surface area contributed by atoms with Crippen LogP contribution in [0.1, 0.15) is 51.9 Å². The second-order valence-corrected chi connectivity index (χ2v) is 15.3. The number of rotatable bonds is 16. The Morgan fingerprint density at radius 2 is 1.67 bits per heavy atom. The normalized spacial score (nSPS) is 14.3. The molecular formula is C46H49ClN6O4. The highest BCUT2D eigenvalue weighted by molar-refractivity contribution is 6.32. The summed E-state index contributed by atoms with van der Waals surface area (Å²) in [5, 5.41) is 25.6. The molecule has 1 aliphatic rings. The Bertz CT molecular complexity index is 2390. The number of benzene rings is 4. The zero-order valence-electron chi connectivity index (χ0n) is 33.0. The van der Waals surface area contributed by atoms with E-state index >= 15 is 0 Å². The highest BCUT2D eigenvalue weighted by Crippen LogP contribution is 2.37. The van der Waals surface area contributed by atoms with Crippen LogP contribution in [-0.2, 0) is 33.4 Å². The molecule has 2 aromatic heterocycles. The number of likely N-dealkylation sites (tertiary alicyclic amines) is 1. The fourth-order valence-corrected chi connectivity index (χ4v) is 7.82. The van der Waals surface area contributed by atoms with Crippen molar-refractivity contribution >= 4 is 22.5 Å². The number of aryl methyl sites for hydroxylation is 1. The van der Waals surface area contributed by atoms with E-state index in [1.807, 2.05) is 55.2 Å². The summed E-state index contributed by atoms with van der Waals surface area (Å²) in [6, 6.07) is 28.4. The number of fused-ring (bicyclic) bond motifs is 1. The minimum atomic E-state index is -0.204. The molecule has 11 heteroatoms. The molecule has 1 saturated heterocycles. The van der Waals surface area contributed by atoms with Crippen molar-refractivity contribution in [2.75, 3.05) is 33.3 Å². The topological polar surface area (TPSA) is 109 Å². The van der Waals surface area contributed by atoms with Gasteiger partial charge < -0.3 is 24.2 Å². The molecule has 1 atom stereocenters. The van der Waals surface area contributed by atoms with Crippen molar-refractivity contribution in [3.05, 3.63) is 135 Å². The van der Waals surface area contributed by atoms with Crippen molar-refractivity contribution in [2.45, 2.75) is 59.1 Å². The van der Waals surface area contributed by atoms with Gasteiger partial charge in [0.05, 0.1) is 34.5 Å². The molecule has 0 radical (unpaired) electrons. The molecule has 0 bridgehead atoms. The second kappa shape index (κ2) is 18.2. The Hall–Kier alpha value is -5.44. The van der Waals surface area contributed by atoms with Crippen LogP contribution in [0.25, 0.3) is 22.0 Å². The van der Waals surface area contributed by atoms with Gasteiger partial charge in [-0.1, -0.05) is 60.1 Å². The first-order valence-corrected chi connectivity index (χ1v) is 19.8. The van der Waals surface area contributed by atoms with Gasteiger partial charge in [0, 0.05) is 74.7 Å². The fraction of sp³-hybridized carbons (Fsp3) is 0.326. The maximum Gasteiger partial charge on any atom is 0.142 e. The zero-order chi connectivity index (χ0) is 39.9. The lowest BCUT2D eigenvalue weighted by Crippen LogP contribution is -2.24. The number of nitriles is 1. The lowest BCUT2D eigenvalue weighted by atomic mass is 9.93. The summed E-state index contributed by atoms with van der Waals surface area (Å²) in [5.74, 6) is 2.02. The third kappa shape index (κ3) is 9.58. The number of aliphatic hydroxyl groups is 1. The van der Waals surface area contributed by atoms with Crippen molar-refractivity contribution < 1.29 is 19.3 Å². The lowest BCUT2D eigenvalue weighted by molar-refractivity contribution is 0.173. The van der Waals surface area contributed by atoms with Crippen LogP contribution >= 0.6 is 11.6 Å². The summed E-state index contributed by atoms with van der Waals surface area (Å²) < 4.78 is 21.1. The third-order valence-electron chi connectivity index (χ3n) is 10.7. The number of hydrogen-bond acceptors (Lipinski definition) is 9. The van der Waals surface area contributed by atoms with E-state index in [1.54, 1.807) is 12.3 Å². The highest BCUT2D eigenvalue weighted by atomic mass is 35.5. The Morgan fingerprint density at radius 3 is 2.47 bits per heavy atom. The highest BCUT2D eigenvalue weighted by Gasteiger charge is 2.20. The van der Waals surface area contributed by atoms with Gasteiger partial charge in [0.1, 0.15) is 36.5 Å². The van der Waals surface area contributed by atoms with E-state index in [2.05, 4.69) is 71.1 Å². The summed E-state index contributed by atoms with van der Waals surface area (Å²) in [4.78, 5) is 8.68. The van der Waals surface area contributed by atoms with E-state index in [4.69, 9.17) is 30.9 Å². The number of β-amino-alcohol motifs (C(OH)–C–C–N with tert-alkyl or cyclic N) is 1. The van der Waals surface area contributed by atoms with Crippen LogP contribution in [-0.4, -0.2) is 69.1 Å². The first kappa shape index (κ1) is 39.8. The van der Waals surface area contributed by atoms with Gasteiger partial charge >= 0.3 is 0 Å². The molecule has 1 aliphatic heterocycles. The summed E-state index contributed by atoms with van der Waals surface area (Å²) in [7, 11) is 4.01. The number of aromatic nitrogens is 3. The molecule has 1 fully saturated rings. The molecular weight excluding hydrogens is 736 g/mol. The summed E-state index contributed by atoms with van der Waals surface area (Å²) in [6.45, 7) is 9.16. The molecule has 0 saturated carbocycles. The first-order chi connectivity index (χ1) is 27.7. The molecule has 3 heterocycles. The molecule has 294 valence electrons. The van der Waals surface area contributed by atoms with E-state index in [0.717, 1.165) is 93.8 Å². The van der Waals surface area contributed by atoms with Gasteiger partial charge in [-0.05, 0) is 85.8 Å². The van der Waals surface area contributed by atoms with Crippen LogP contribution in [0.3, 0.4) is 0 Å². The number of ether oxygens (including phenoxy) is 3. The predicted molar refractivity (Wildman–Crippen MR) is 223 cm³/mol. The summed E-state index contributed by atoms with van der Waals surface area (Å²) in [5.41, 5.74) is 9.70. The molecule has 1 N–H and O–H groups in total. The number of nitrogens with zero attached hydrogens (tertiary/aromatic N) is 6. The van der Waals surface area contributed by atoms with Crippen molar-refractivity contribution in [3.63, 3.8) is 0 Å². The molecule has 10 nitrogen and oxygen atoms in total. The molecule has 0 unspecified atom stereocenters. The van der Waals surface area contributed by atoms with Crippen LogP contribution < -0.4 is 14.2 Å². The number of pyridine rings is 1. The van der Waals surface area contributed by atoms with Crippen molar-refractivity contribution in [3.8, 4) is 34.4 Å². The number of aliphatic hydroxyl groups excluding tert-OH is 1. The van der Waals surface area contributed by atoms with Gasteiger partial charge in [0.15, 0.2) is 0 Å². The smallest absolute Gasteiger partial charge is 0.142 e. The van der Waals surface area contributed by atoms with E-state index in [1.165, 1.54) is 6.20 Å².